The van der Waals surface area contributed by atoms with Crippen molar-refractivity contribution in [3.63, 3.8) is 0 Å². The molecule has 3 amide bonds. The van der Waals surface area contributed by atoms with Crippen LogP contribution in [0.4, 0.5) is 30.2 Å². The van der Waals surface area contributed by atoms with Gasteiger partial charge in [-0.2, -0.15) is 0 Å². The molecule has 0 bridgehead atoms. The lowest BCUT2D eigenvalue weighted by Gasteiger charge is -2.12. The minimum Gasteiger partial charge on any atom is -0.326 e. The summed E-state index contributed by atoms with van der Waals surface area (Å²) in [6, 6.07) is 4.97. The SMILES string of the molecule is CC(=O)Nc1c(F)ccc(NC(=O)c2cc(NC(=O)C3CC3(Cl)Cl)ccc2F)c1F. The first kappa shape index (κ1) is 21.9. The summed E-state index contributed by atoms with van der Waals surface area (Å²) in [4.78, 5) is 35.6. The van der Waals surface area contributed by atoms with Crippen LogP contribution < -0.4 is 16.0 Å². The topological polar surface area (TPSA) is 87.3 Å². The monoisotopic (exact) mass is 459 g/mol. The Balaban J connectivity index is 1.80. The molecular weight excluding hydrogens is 446 g/mol. The maximum Gasteiger partial charge on any atom is 0.258 e. The Morgan fingerprint density at radius 2 is 1.63 bits per heavy atom. The highest BCUT2D eigenvalue weighted by atomic mass is 35.5. The molecule has 0 heterocycles. The van der Waals surface area contributed by atoms with Crippen LogP contribution in [0.15, 0.2) is 30.3 Å². The summed E-state index contributed by atoms with van der Waals surface area (Å²) >= 11 is 11.7. The Hall–Kier alpha value is -2.78. The van der Waals surface area contributed by atoms with E-state index in [2.05, 4.69) is 10.6 Å². The first-order valence-electron chi connectivity index (χ1n) is 8.55. The van der Waals surface area contributed by atoms with E-state index < -0.39 is 62.4 Å². The molecule has 1 atom stereocenters. The Labute approximate surface area is 178 Å². The molecule has 0 saturated heterocycles. The summed E-state index contributed by atoms with van der Waals surface area (Å²) in [5.41, 5.74) is -1.64. The zero-order valence-corrected chi connectivity index (χ0v) is 16.8. The predicted molar refractivity (Wildman–Crippen MR) is 106 cm³/mol. The number of hydrogen-bond donors (Lipinski definition) is 3. The Kier molecular flexibility index (Phi) is 5.96. The van der Waals surface area contributed by atoms with Gasteiger partial charge in [0.25, 0.3) is 5.91 Å². The lowest BCUT2D eigenvalue weighted by molar-refractivity contribution is -0.117. The molecule has 1 unspecified atom stereocenters. The zero-order chi connectivity index (χ0) is 22.2. The highest BCUT2D eigenvalue weighted by Gasteiger charge is 2.56. The van der Waals surface area contributed by atoms with Crippen molar-refractivity contribution < 1.29 is 27.6 Å². The first-order chi connectivity index (χ1) is 14.0. The van der Waals surface area contributed by atoms with Crippen LogP contribution in [0.3, 0.4) is 0 Å². The normalized spacial score (nSPS) is 16.5. The fourth-order valence-corrected chi connectivity index (χ4v) is 3.14. The smallest absolute Gasteiger partial charge is 0.258 e. The maximum absolute atomic E-state index is 14.4. The fourth-order valence-electron chi connectivity index (χ4n) is 2.63. The zero-order valence-electron chi connectivity index (χ0n) is 15.3. The molecule has 0 radical (unpaired) electrons. The van der Waals surface area contributed by atoms with Gasteiger partial charge in [-0.1, -0.05) is 0 Å². The number of rotatable bonds is 5. The summed E-state index contributed by atoms with van der Waals surface area (Å²) in [5.74, 6) is -6.14. The van der Waals surface area contributed by atoms with E-state index in [1.165, 1.54) is 6.07 Å². The molecule has 158 valence electrons. The van der Waals surface area contributed by atoms with Crippen LogP contribution >= 0.6 is 23.2 Å². The van der Waals surface area contributed by atoms with Crippen molar-refractivity contribution in [2.45, 2.75) is 17.7 Å². The van der Waals surface area contributed by atoms with Gasteiger partial charge in [0.1, 0.15) is 21.7 Å². The first-order valence-corrected chi connectivity index (χ1v) is 9.30. The van der Waals surface area contributed by atoms with Crippen molar-refractivity contribution in [2.24, 2.45) is 5.92 Å². The second kappa shape index (κ2) is 8.16. The minimum atomic E-state index is -1.24. The van der Waals surface area contributed by atoms with E-state index in [0.717, 1.165) is 31.2 Å². The van der Waals surface area contributed by atoms with Gasteiger partial charge in [0.15, 0.2) is 5.82 Å². The lowest BCUT2D eigenvalue weighted by Crippen LogP contribution is -2.19. The number of amides is 3. The maximum atomic E-state index is 14.4. The third kappa shape index (κ3) is 4.68. The third-order valence-corrected chi connectivity index (χ3v) is 5.10. The molecule has 0 aromatic heterocycles. The van der Waals surface area contributed by atoms with Crippen molar-refractivity contribution in [2.75, 3.05) is 16.0 Å². The molecule has 1 saturated carbocycles. The second-order valence-electron chi connectivity index (χ2n) is 6.62. The van der Waals surface area contributed by atoms with Crippen molar-refractivity contribution in [3.05, 3.63) is 53.3 Å². The van der Waals surface area contributed by atoms with Gasteiger partial charge in [-0.15, -0.1) is 23.2 Å². The van der Waals surface area contributed by atoms with Crippen LogP contribution in [0.5, 0.6) is 0 Å². The summed E-state index contributed by atoms with van der Waals surface area (Å²) in [7, 11) is 0. The van der Waals surface area contributed by atoms with E-state index in [9.17, 15) is 27.6 Å². The van der Waals surface area contributed by atoms with Crippen molar-refractivity contribution in [1.29, 1.82) is 0 Å². The number of carbonyl (C=O) groups is 3. The third-order valence-electron chi connectivity index (χ3n) is 4.26. The summed E-state index contributed by atoms with van der Waals surface area (Å²) < 4.78 is 41.2. The molecule has 30 heavy (non-hydrogen) atoms. The van der Waals surface area contributed by atoms with Gasteiger partial charge in [-0.25, -0.2) is 13.2 Å². The molecule has 1 aliphatic rings. The second-order valence-corrected chi connectivity index (χ2v) is 8.16. The van der Waals surface area contributed by atoms with E-state index in [0.29, 0.717) is 0 Å². The molecule has 0 spiro atoms. The van der Waals surface area contributed by atoms with Crippen LogP contribution in [0.1, 0.15) is 23.7 Å². The van der Waals surface area contributed by atoms with Gasteiger partial charge < -0.3 is 16.0 Å². The molecule has 6 nitrogen and oxygen atoms in total. The Morgan fingerprint density at radius 1 is 1.00 bits per heavy atom. The largest absolute Gasteiger partial charge is 0.326 e. The quantitative estimate of drug-likeness (QED) is 0.577. The number of nitrogens with one attached hydrogen (secondary N) is 3. The number of benzene rings is 2. The highest BCUT2D eigenvalue weighted by Crippen LogP contribution is 2.53. The van der Waals surface area contributed by atoms with Crippen LogP contribution in [-0.4, -0.2) is 22.1 Å². The van der Waals surface area contributed by atoms with Gasteiger partial charge in [0.05, 0.1) is 17.2 Å². The average Bonchev–Trinajstić information content (AvgIpc) is 3.31. The predicted octanol–water partition coefficient (Wildman–Crippen LogP) is 4.45. The molecular formula is C19H14Cl2F3N3O3. The van der Waals surface area contributed by atoms with Crippen LogP contribution in [0, 0.1) is 23.4 Å². The van der Waals surface area contributed by atoms with Crippen LogP contribution in [0.25, 0.3) is 0 Å². The molecule has 0 aliphatic heterocycles. The van der Waals surface area contributed by atoms with Crippen molar-refractivity contribution in [3.8, 4) is 0 Å². The van der Waals surface area contributed by atoms with Crippen LogP contribution in [-0.2, 0) is 9.59 Å². The summed E-state index contributed by atoms with van der Waals surface area (Å²) in [6.07, 6.45) is 0.261. The Morgan fingerprint density at radius 3 is 2.23 bits per heavy atom. The number of halogens is 5. The van der Waals surface area contributed by atoms with E-state index in [1.54, 1.807) is 0 Å². The van der Waals surface area contributed by atoms with Gasteiger partial charge in [0.2, 0.25) is 11.8 Å². The summed E-state index contributed by atoms with van der Waals surface area (Å²) in [6.45, 7) is 1.05. The van der Waals surface area contributed by atoms with Crippen molar-refractivity contribution in [1.82, 2.24) is 0 Å². The average molecular weight is 460 g/mol. The Bertz CT molecular complexity index is 1060. The lowest BCUT2D eigenvalue weighted by atomic mass is 10.1. The molecule has 2 aromatic carbocycles. The van der Waals surface area contributed by atoms with Crippen molar-refractivity contribution >= 4 is 58.0 Å². The van der Waals surface area contributed by atoms with Gasteiger partial charge in [0, 0.05) is 12.6 Å². The van der Waals surface area contributed by atoms with Gasteiger partial charge in [-0.3, -0.25) is 14.4 Å². The molecule has 3 N–H and O–H groups in total. The molecule has 3 rings (SSSR count). The number of carbonyl (C=O) groups excluding carboxylic acids is 3. The molecule has 2 aromatic rings. The summed E-state index contributed by atoms with van der Waals surface area (Å²) in [5, 5.41) is 6.56. The van der Waals surface area contributed by atoms with Gasteiger partial charge >= 0.3 is 0 Å². The van der Waals surface area contributed by atoms with E-state index in [1.807, 2.05) is 5.32 Å². The standard InChI is InChI=1S/C19H14Cl2F3N3O3/c1-8(28)25-16-13(23)4-5-14(15(16)24)27-17(29)10-6-9(2-3-12(10)22)26-18(30)11-7-19(11,20)21/h2-6,11H,7H2,1H3,(H,25,28)(H,26,30)(H,27,29). The molecule has 1 fully saturated rings. The number of hydrogen-bond acceptors (Lipinski definition) is 3. The van der Waals surface area contributed by atoms with E-state index >= 15 is 0 Å². The van der Waals surface area contributed by atoms with Gasteiger partial charge in [-0.05, 0) is 36.8 Å². The van der Waals surface area contributed by atoms with E-state index in [-0.39, 0.29) is 12.1 Å². The number of anilines is 3. The number of alkyl halides is 2. The van der Waals surface area contributed by atoms with Crippen LogP contribution in [0.2, 0.25) is 0 Å². The molecule has 1 aliphatic carbocycles. The minimum absolute atomic E-state index is 0.0982. The van der Waals surface area contributed by atoms with E-state index in [4.69, 9.17) is 23.2 Å². The fraction of sp³-hybridized carbons (Fsp3) is 0.211. The highest BCUT2D eigenvalue weighted by molar-refractivity contribution is 6.52. The molecule has 11 heteroatoms.